The lowest BCUT2D eigenvalue weighted by molar-refractivity contribution is 0.153. The van der Waals surface area contributed by atoms with E-state index in [4.69, 9.17) is 0 Å². The van der Waals surface area contributed by atoms with Crippen LogP contribution in [-0.2, 0) is 6.54 Å². The fourth-order valence-corrected chi connectivity index (χ4v) is 2.40. The topological polar surface area (TPSA) is 45.1 Å². The van der Waals surface area contributed by atoms with Crippen molar-refractivity contribution in [2.75, 3.05) is 0 Å². The summed E-state index contributed by atoms with van der Waals surface area (Å²) in [6.45, 7) is 2.71. The Hall–Kier alpha value is -1.30. The molecule has 0 aliphatic rings. The molecule has 0 saturated heterocycles. The molecule has 0 spiro atoms. The summed E-state index contributed by atoms with van der Waals surface area (Å²) in [4.78, 5) is 4.19. The summed E-state index contributed by atoms with van der Waals surface area (Å²) < 4.78 is 12.8. The summed E-state index contributed by atoms with van der Waals surface area (Å²) in [5.74, 6) is -0.286. The van der Waals surface area contributed by atoms with Crippen molar-refractivity contribution in [3.8, 4) is 0 Å². The van der Waals surface area contributed by atoms with E-state index in [1.807, 2.05) is 12.3 Å². The van der Waals surface area contributed by atoms with Crippen LogP contribution in [0.3, 0.4) is 0 Å². The highest BCUT2D eigenvalue weighted by Crippen LogP contribution is 2.18. The van der Waals surface area contributed by atoms with Gasteiger partial charge in [0.05, 0.1) is 17.3 Å². The maximum atomic E-state index is 12.8. The standard InChI is InChI=1S/C14H17FN2OS/c1-10(16-7-13-8-19-9-17-13)6-14(18)11-2-4-12(15)5-3-11/h2-5,8-10,14,16,18H,6-7H2,1H3/t10-,14-/m0/s1. The van der Waals surface area contributed by atoms with Gasteiger partial charge in [-0.2, -0.15) is 0 Å². The first kappa shape index (κ1) is 14.1. The Morgan fingerprint density at radius 1 is 1.37 bits per heavy atom. The van der Waals surface area contributed by atoms with Crippen molar-refractivity contribution in [3.05, 3.63) is 52.2 Å². The molecule has 2 atom stereocenters. The predicted octanol–water partition coefficient (Wildman–Crippen LogP) is 2.88. The summed E-state index contributed by atoms with van der Waals surface area (Å²) in [7, 11) is 0. The third kappa shape index (κ3) is 4.38. The van der Waals surface area contributed by atoms with Gasteiger partial charge in [-0.25, -0.2) is 9.37 Å². The Labute approximate surface area is 116 Å². The number of nitrogens with zero attached hydrogens (tertiary/aromatic N) is 1. The number of aliphatic hydroxyl groups is 1. The molecule has 2 N–H and O–H groups in total. The van der Waals surface area contributed by atoms with Crippen molar-refractivity contribution >= 4 is 11.3 Å². The largest absolute Gasteiger partial charge is 0.388 e. The number of benzene rings is 1. The highest BCUT2D eigenvalue weighted by molar-refractivity contribution is 7.07. The average Bonchev–Trinajstić information content (AvgIpc) is 2.90. The molecule has 1 aromatic carbocycles. The number of aromatic nitrogens is 1. The minimum atomic E-state index is -0.585. The summed E-state index contributed by atoms with van der Waals surface area (Å²) in [5, 5.41) is 15.4. The molecule has 0 radical (unpaired) electrons. The third-order valence-corrected chi connectivity index (χ3v) is 3.58. The van der Waals surface area contributed by atoms with E-state index in [-0.39, 0.29) is 11.9 Å². The second-order valence-corrected chi connectivity index (χ2v) is 5.28. The van der Waals surface area contributed by atoms with Crippen molar-refractivity contribution in [3.63, 3.8) is 0 Å². The van der Waals surface area contributed by atoms with E-state index < -0.39 is 6.10 Å². The molecule has 2 rings (SSSR count). The van der Waals surface area contributed by atoms with Crippen LogP contribution < -0.4 is 5.32 Å². The number of nitrogens with one attached hydrogen (secondary N) is 1. The van der Waals surface area contributed by atoms with Crippen LogP contribution in [0.25, 0.3) is 0 Å². The van der Waals surface area contributed by atoms with Crippen LogP contribution >= 0.6 is 11.3 Å². The smallest absolute Gasteiger partial charge is 0.123 e. The highest BCUT2D eigenvalue weighted by atomic mass is 32.1. The molecule has 3 nitrogen and oxygen atoms in total. The predicted molar refractivity (Wildman–Crippen MR) is 74.4 cm³/mol. The molecular formula is C14H17FN2OS. The van der Waals surface area contributed by atoms with Gasteiger partial charge >= 0.3 is 0 Å². The molecule has 19 heavy (non-hydrogen) atoms. The number of aliphatic hydroxyl groups excluding tert-OH is 1. The van der Waals surface area contributed by atoms with E-state index >= 15 is 0 Å². The summed E-state index contributed by atoms with van der Waals surface area (Å²) in [5.41, 5.74) is 3.55. The van der Waals surface area contributed by atoms with E-state index in [2.05, 4.69) is 10.3 Å². The molecule has 5 heteroatoms. The number of halogens is 1. The van der Waals surface area contributed by atoms with Crippen molar-refractivity contribution < 1.29 is 9.50 Å². The average molecular weight is 280 g/mol. The van der Waals surface area contributed by atoms with Crippen LogP contribution in [-0.4, -0.2) is 16.1 Å². The zero-order valence-corrected chi connectivity index (χ0v) is 11.5. The molecule has 0 saturated carbocycles. The number of thiazole rings is 1. The fourth-order valence-electron chi connectivity index (χ4n) is 1.84. The Balaban J connectivity index is 1.81. The van der Waals surface area contributed by atoms with Crippen LogP contribution in [0, 0.1) is 5.82 Å². The van der Waals surface area contributed by atoms with Gasteiger partial charge < -0.3 is 10.4 Å². The second kappa shape index (κ2) is 6.75. The van der Waals surface area contributed by atoms with E-state index in [0.717, 1.165) is 11.3 Å². The minimum absolute atomic E-state index is 0.154. The third-order valence-electron chi connectivity index (χ3n) is 2.95. The number of hydrogen-bond donors (Lipinski definition) is 2. The molecule has 0 aliphatic heterocycles. The van der Waals surface area contributed by atoms with Gasteiger partial charge in [0.2, 0.25) is 0 Å². The number of rotatable bonds is 6. The molecule has 1 heterocycles. The summed E-state index contributed by atoms with van der Waals surface area (Å²) in [6.07, 6.45) is -0.00555. The SMILES string of the molecule is C[C@@H](C[C@H](O)c1ccc(F)cc1)NCc1cscn1. The van der Waals surface area contributed by atoms with Crippen LogP contribution in [0.2, 0.25) is 0 Å². The molecular weight excluding hydrogens is 263 g/mol. The first-order valence-electron chi connectivity index (χ1n) is 6.19. The molecule has 1 aromatic heterocycles. The van der Waals surface area contributed by atoms with E-state index in [1.54, 1.807) is 29.0 Å². The fraction of sp³-hybridized carbons (Fsp3) is 0.357. The Kier molecular flexibility index (Phi) is 5.01. The Morgan fingerprint density at radius 2 is 2.11 bits per heavy atom. The van der Waals surface area contributed by atoms with E-state index in [1.165, 1.54) is 12.1 Å². The maximum Gasteiger partial charge on any atom is 0.123 e. The minimum Gasteiger partial charge on any atom is -0.388 e. The van der Waals surface area contributed by atoms with Gasteiger partial charge in [-0.1, -0.05) is 12.1 Å². The lowest BCUT2D eigenvalue weighted by atomic mass is 10.0. The van der Waals surface area contributed by atoms with Crippen LogP contribution in [0.15, 0.2) is 35.2 Å². The van der Waals surface area contributed by atoms with E-state index in [9.17, 15) is 9.50 Å². The van der Waals surface area contributed by atoms with Gasteiger partial charge in [0, 0.05) is 18.0 Å². The van der Waals surface area contributed by atoms with Crippen molar-refractivity contribution in [1.82, 2.24) is 10.3 Å². The second-order valence-electron chi connectivity index (χ2n) is 4.56. The first-order valence-corrected chi connectivity index (χ1v) is 7.13. The highest BCUT2D eigenvalue weighted by Gasteiger charge is 2.12. The lowest BCUT2D eigenvalue weighted by Crippen LogP contribution is -2.27. The molecule has 0 fully saturated rings. The lowest BCUT2D eigenvalue weighted by Gasteiger charge is -2.17. The molecule has 0 aliphatic carbocycles. The van der Waals surface area contributed by atoms with Gasteiger partial charge in [0.15, 0.2) is 0 Å². The molecule has 102 valence electrons. The number of hydrogen-bond acceptors (Lipinski definition) is 4. The zero-order valence-electron chi connectivity index (χ0n) is 10.7. The van der Waals surface area contributed by atoms with Gasteiger partial charge in [-0.3, -0.25) is 0 Å². The first-order chi connectivity index (χ1) is 9.15. The zero-order chi connectivity index (χ0) is 13.7. The molecule has 0 unspecified atom stereocenters. The molecule has 2 aromatic rings. The van der Waals surface area contributed by atoms with Gasteiger partial charge in [0.25, 0.3) is 0 Å². The summed E-state index contributed by atoms with van der Waals surface area (Å²) in [6, 6.07) is 6.12. The van der Waals surface area contributed by atoms with Gasteiger partial charge in [-0.05, 0) is 31.0 Å². The molecule has 0 amide bonds. The molecule has 0 bridgehead atoms. The maximum absolute atomic E-state index is 12.8. The van der Waals surface area contributed by atoms with Gasteiger partial charge in [0.1, 0.15) is 5.82 Å². The van der Waals surface area contributed by atoms with Crippen molar-refractivity contribution in [2.45, 2.75) is 32.0 Å². The normalized spacial score (nSPS) is 14.3. The van der Waals surface area contributed by atoms with Crippen LogP contribution in [0.5, 0.6) is 0 Å². The Bertz CT molecular complexity index is 487. The van der Waals surface area contributed by atoms with E-state index in [0.29, 0.717) is 13.0 Å². The monoisotopic (exact) mass is 280 g/mol. The van der Waals surface area contributed by atoms with Gasteiger partial charge in [-0.15, -0.1) is 11.3 Å². The van der Waals surface area contributed by atoms with Crippen molar-refractivity contribution in [1.29, 1.82) is 0 Å². The van der Waals surface area contributed by atoms with Crippen LogP contribution in [0.1, 0.15) is 30.7 Å². The Morgan fingerprint density at radius 3 is 2.74 bits per heavy atom. The summed E-state index contributed by atoms with van der Waals surface area (Å²) >= 11 is 1.57. The quantitative estimate of drug-likeness (QED) is 0.855. The van der Waals surface area contributed by atoms with Crippen LogP contribution in [0.4, 0.5) is 4.39 Å². The van der Waals surface area contributed by atoms with Crippen molar-refractivity contribution in [2.24, 2.45) is 0 Å².